The molecular formula is C21H17N5OS. The fraction of sp³-hybridized carbons (Fsp3) is 0.0476. The summed E-state index contributed by atoms with van der Waals surface area (Å²) >= 11 is 1.38. The van der Waals surface area contributed by atoms with Crippen molar-refractivity contribution in [3.63, 3.8) is 0 Å². The van der Waals surface area contributed by atoms with Crippen LogP contribution in [0.15, 0.2) is 72.2 Å². The van der Waals surface area contributed by atoms with Crippen LogP contribution in [0.5, 0.6) is 0 Å². The Balaban J connectivity index is 1.56. The van der Waals surface area contributed by atoms with Crippen molar-refractivity contribution in [2.45, 2.75) is 6.92 Å². The Morgan fingerprint density at radius 1 is 1.00 bits per heavy atom. The molecule has 1 amide bonds. The van der Waals surface area contributed by atoms with Gasteiger partial charge in [-0.2, -0.15) is 0 Å². The summed E-state index contributed by atoms with van der Waals surface area (Å²) in [5, 5.41) is 8.44. The zero-order valence-electron chi connectivity index (χ0n) is 15.1. The lowest BCUT2D eigenvalue weighted by Gasteiger charge is -2.10. The number of nitrogens with one attached hydrogen (secondary N) is 2. The van der Waals surface area contributed by atoms with E-state index in [-0.39, 0.29) is 5.91 Å². The van der Waals surface area contributed by atoms with Crippen molar-refractivity contribution >= 4 is 33.9 Å². The number of carbonyl (C=O) groups is 1. The van der Waals surface area contributed by atoms with E-state index in [1.54, 1.807) is 18.3 Å². The van der Waals surface area contributed by atoms with Crippen LogP contribution in [0.1, 0.15) is 16.2 Å². The molecule has 0 unspecified atom stereocenters. The van der Waals surface area contributed by atoms with E-state index in [9.17, 15) is 4.79 Å². The van der Waals surface area contributed by atoms with Gasteiger partial charge < -0.3 is 5.32 Å². The van der Waals surface area contributed by atoms with Crippen LogP contribution >= 0.6 is 11.3 Å². The van der Waals surface area contributed by atoms with Crippen LogP contribution in [-0.4, -0.2) is 20.9 Å². The van der Waals surface area contributed by atoms with Gasteiger partial charge in [-0.25, -0.2) is 15.0 Å². The van der Waals surface area contributed by atoms with E-state index in [2.05, 4.69) is 25.6 Å². The smallest absolute Gasteiger partial charge is 0.257 e. The molecule has 4 aromatic rings. The third-order valence-corrected chi connectivity index (χ3v) is 4.65. The maximum atomic E-state index is 12.4. The van der Waals surface area contributed by atoms with E-state index >= 15 is 0 Å². The summed E-state index contributed by atoms with van der Waals surface area (Å²) in [7, 11) is 0. The van der Waals surface area contributed by atoms with Gasteiger partial charge in [0.2, 0.25) is 0 Å². The number of carbonyl (C=O) groups excluding carboxylic acids is 1. The SMILES string of the molecule is Cc1nc(Nc2cccc(C(=O)Nc3nccs3)c2)cc(-c2ccccc2)n1. The molecule has 2 heterocycles. The molecule has 138 valence electrons. The summed E-state index contributed by atoms with van der Waals surface area (Å²) in [5.41, 5.74) is 3.17. The Hall–Kier alpha value is -3.58. The summed E-state index contributed by atoms with van der Waals surface area (Å²) in [4.78, 5) is 25.5. The molecule has 4 rings (SSSR count). The predicted octanol–water partition coefficient (Wildman–Crippen LogP) is 4.90. The number of rotatable bonds is 5. The van der Waals surface area contributed by atoms with Crippen molar-refractivity contribution in [1.29, 1.82) is 0 Å². The van der Waals surface area contributed by atoms with E-state index in [0.717, 1.165) is 16.9 Å². The lowest BCUT2D eigenvalue weighted by atomic mass is 10.1. The highest BCUT2D eigenvalue weighted by Gasteiger charge is 2.09. The van der Waals surface area contributed by atoms with Gasteiger partial charge in [-0.3, -0.25) is 10.1 Å². The molecule has 0 spiro atoms. The molecule has 0 aliphatic heterocycles. The largest absolute Gasteiger partial charge is 0.340 e. The number of aromatic nitrogens is 3. The van der Waals surface area contributed by atoms with Gasteiger partial charge in [-0.1, -0.05) is 36.4 Å². The van der Waals surface area contributed by atoms with E-state index in [4.69, 9.17) is 0 Å². The Labute approximate surface area is 166 Å². The van der Waals surface area contributed by atoms with Crippen LogP contribution in [0.2, 0.25) is 0 Å². The molecule has 0 atom stereocenters. The topological polar surface area (TPSA) is 79.8 Å². The second kappa shape index (κ2) is 7.98. The maximum Gasteiger partial charge on any atom is 0.257 e. The molecule has 7 heteroatoms. The van der Waals surface area contributed by atoms with Gasteiger partial charge in [0.05, 0.1) is 5.69 Å². The van der Waals surface area contributed by atoms with Crippen molar-refractivity contribution in [2.24, 2.45) is 0 Å². The summed E-state index contributed by atoms with van der Waals surface area (Å²) in [6.45, 7) is 1.86. The highest BCUT2D eigenvalue weighted by Crippen LogP contribution is 2.23. The van der Waals surface area contributed by atoms with Crippen LogP contribution in [0.4, 0.5) is 16.6 Å². The highest BCUT2D eigenvalue weighted by atomic mass is 32.1. The standard InChI is InChI=1S/C21H17N5OS/c1-14-23-18(15-6-3-2-4-7-15)13-19(24-14)25-17-9-5-8-16(12-17)20(27)26-21-22-10-11-28-21/h2-13H,1H3,(H,22,26,27)(H,23,24,25). The first kappa shape index (κ1) is 17.8. The normalized spacial score (nSPS) is 10.5. The Kier molecular flexibility index (Phi) is 5.07. The molecule has 0 fully saturated rings. The predicted molar refractivity (Wildman–Crippen MR) is 112 cm³/mol. The van der Waals surface area contributed by atoms with Crippen molar-refractivity contribution in [3.05, 3.63) is 83.6 Å². The number of aryl methyl sites for hydroxylation is 1. The average Bonchev–Trinajstić information content (AvgIpc) is 3.21. The van der Waals surface area contributed by atoms with Crippen LogP contribution in [0, 0.1) is 6.92 Å². The number of thiazole rings is 1. The maximum absolute atomic E-state index is 12.4. The van der Waals surface area contributed by atoms with Crippen molar-refractivity contribution in [2.75, 3.05) is 10.6 Å². The molecule has 28 heavy (non-hydrogen) atoms. The molecule has 6 nitrogen and oxygen atoms in total. The third kappa shape index (κ3) is 4.21. The average molecular weight is 387 g/mol. The number of amides is 1. The molecule has 0 radical (unpaired) electrons. The van der Waals surface area contributed by atoms with Gasteiger partial charge in [0.25, 0.3) is 5.91 Å². The van der Waals surface area contributed by atoms with E-state index in [1.807, 2.05) is 60.8 Å². The van der Waals surface area contributed by atoms with Crippen molar-refractivity contribution in [3.8, 4) is 11.3 Å². The molecule has 2 N–H and O–H groups in total. The van der Waals surface area contributed by atoms with E-state index in [0.29, 0.717) is 22.3 Å². The molecule has 0 aliphatic carbocycles. The summed E-state index contributed by atoms with van der Waals surface area (Å²) in [6, 6.07) is 19.1. The first-order valence-corrected chi connectivity index (χ1v) is 9.54. The Bertz CT molecular complexity index is 1100. The first-order valence-electron chi connectivity index (χ1n) is 8.66. The quantitative estimate of drug-likeness (QED) is 0.509. The Morgan fingerprint density at radius 2 is 1.86 bits per heavy atom. The summed E-state index contributed by atoms with van der Waals surface area (Å²) in [5.74, 6) is 1.13. The third-order valence-electron chi connectivity index (χ3n) is 3.96. The number of nitrogens with zero attached hydrogens (tertiary/aromatic N) is 3. The van der Waals surface area contributed by atoms with Gasteiger partial charge in [0, 0.05) is 34.5 Å². The lowest BCUT2D eigenvalue weighted by molar-refractivity contribution is 0.102. The van der Waals surface area contributed by atoms with Gasteiger partial charge in [-0.15, -0.1) is 11.3 Å². The fourth-order valence-electron chi connectivity index (χ4n) is 2.73. The van der Waals surface area contributed by atoms with Gasteiger partial charge in [0.1, 0.15) is 11.6 Å². The number of benzene rings is 2. The van der Waals surface area contributed by atoms with Crippen LogP contribution in [0.25, 0.3) is 11.3 Å². The molecule has 0 aliphatic rings. The van der Waals surface area contributed by atoms with Crippen molar-refractivity contribution < 1.29 is 4.79 Å². The van der Waals surface area contributed by atoms with Gasteiger partial charge >= 0.3 is 0 Å². The number of hydrogen-bond donors (Lipinski definition) is 2. The summed E-state index contributed by atoms with van der Waals surface area (Å²) in [6.07, 6.45) is 1.65. The molecular weight excluding hydrogens is 370 g/mol. The van der Waals surface area contributed by atoms with Gasteiger partial charge in [0.15, 0.2) is 5.13 Å². The minimum Gasteiger partial charge on any atom is -0.340 e. The second-order valence-corrected chi connectivity index (χ2v) is 6.94. The Morgan fingerprint density at radius 3 is 2.64 bits per heavy atom. The molecule has 0 bridgehead atoms. The number of hydrogen-bond acceptors (Lipinski definition) is 6. The number of anilines is 3. The minimum atomic E-state index is -0.206. The zero-order valence-corrected chi connectivity index (χ0v) is 15.9. The summed E-state index contributed by atoms with van der Waals surface area (Å²) < 4.78 is 0. The monoisotopic (exact) mass is 387 g/mol. The van der Waals surface area contributed by atoms with Gasteiger partial charge in [-0.05, 0) is 25.1 Å². The van der Waals surface area contributed by atoms with E-state index < -0.39 is 0 Å². The fourth-order valence-corrected chi connectivity index (χ4v) is 3.25. The van der Waals surface area contributed by atoms with Crippen LogP contribution < -0.4 is 10.6 Å². The molecule has 0 saturated heterocycles. The highest BCUT2D eigenvalue weighted by molar-refractivity contribution is 7.13. The zero-order chi connectivity index (χ0) is 19.3. The van der Waals surface area contributed by atoms with Crippen molar-refractivity contribution in [1.82, 2.24) is 15.0 Å². The molecule has 2 aromatic heterocycles. The first-order chi connectivity index (χ1) is 13.7. The van der Waals surface area contributed by atoms with Crippen LogP contribution in [-0.2, 0) is 0 Å². The van der Waals surface area contributed by atoms with E-state index in [1.165, 1.54) is 11.3 Å². The molecule has 0 saturated carbocycles. The lowest BCUT2D eigenvalue weighted by Crippen LogP contribution is -2.11. The second-order valence-electron chi connectivity index (χ2n) is 6.05. The minimum absolute atomic E-state index is 0.206. The van der Waals surface area contributed by atoms with Crippen LogP contribution in [0.3, 0.4) is 0 Å². The molecule has 2 aromatic carbocycles.